The highest BCUT2D eigenvalue weighted by molar-refractivity contribution is 9.10. The maximum atomic E-state index is 12.0. The Labute approximate surface area is 294 Å². The lowest BCUT2D eigenvalue weighted by Crippen LogP contribution is -2.29. The van der Waals surface area contributed by atoms with Gasteiger partial charge in [0, 0.05) is 19.7 Å². The highest BCUT2D eigenvalue weighted by Crippen LogP contribution is 2.28. The quantitative estimate of drug-likeness (QED) is 0.141. The van der Waals surface area contributed by atoms with Crippen LogP contribution in [0.1, 0.15) is 28.4 Å². The highest BCUT2D eigenvalue weighted by Gasteiger charge is 2.19. The zero-order valence-corrected chi connectivity index (χ0v) is 28.8. The van der Waals surface area contributed by atoms with Crippen molar-refractivity contribution in [2.24, 2.45) is 0 Å². The first-order valence-corrected chi connectivity index (χ1v) is 15.3. The first kappa shape index (κ1) is 37.8. The number of rotatable bonds is 6. The van der Waals surface area contributed by atoms with Crippen molar-refractivity contribution < 1.29 is 38.6 Å². The number of ether oxygens (including phenoxy) is 4. The molecule has 15 heteroatoms. The Morgan fingerprint density at radius 1 is 0.750 bits per heavy atom. The minimum absolute atomic E-state index is 0. The van der Waals surface area contributed by atoms with E-state index in [1.165, 1.54) is 14.2 Å². The van der Waals surface area contributed by atoms with Gasteiger partial charge in [-0.2, -0.15) is 10.2 Å². The molecule has 0 fully saturated rings. The van der Waals surface area contributed by atoms with Crippen LogP contribution in [0.2, 0.25) is 0 Å². The number of hydrogen-bond acceptors (Lipinski definition) is 10. The molecule has 0 bridgehead atoms. The smallest absolute Gasteiger partial charge is 0.488 e. The van der Waals surface area contributed by atoms with Crippen LogP contribution in [0.25, 0.3) is 27.5 Å². The molecule has 0 aliphatic heterocycles. The topological polar surface area (TPSA) is 158 Å². The Balaban J connectivity index is 0.000000209. The number of halogens is 2. The molecule has 0 atom stereocenters. The van der Waals surface area contributed by atoms with E-state index in [2.05, 4.69) is 51.9 Å². The zero-order chi connectivity index (χ0) is 34.1. The maximum Gasteiger partial charge on any atom is 0.488 e. The van der Waals surface area contributed by atoms with Gasteiger partial charge >= 0.3 is 19.1 Å². The van der Waals surface area contributed by atoms with Crippen LogP contribution in [-0.4, -0.2) is 77.5 Å². The summed E-state index contributed by atoms with van der Waals surface area (Å²) in [6.45, 7) is 0. The molecule has 4 aromatic carbocycles. The first-order chi connectivity index (χ1) is 22.6. The second-order valence-corrected chi connectivity index (χ2v) is 11.4. The van der Waals surface area contributed by atoms with Crippen molar-refractivity contribution in [3.8, 4) is 17.2 Å². The van der Waals surface area contributed by atoms with Crippen LogP contribution in [0.4, 0.5) is 0 Å². The summed E-state index contributed by atoms with van der Waals surface area (Å²) in [7, 11) is 4.43. The Kier molecular flexibility index (Phi) is 13.7. The second-order valence-electron chi connectivity index (χ2n) is 9.52. The van der Waals surface area contributed by atoms with Gasteiger partial charge in [0.05, 0.1) is 45.2 Å². The number of aromatic nitrogens is 4. The number of carbonyl (C=O) groups is 2. The molecule has 2 aromatic heterocycles. The number of esters is 2. The molecular weight excluding hydrogens is 751 g/mol. The number of H-pyrrole nitrogens is 1. The summed E-state index contributed by atoms with van der Waals surface area (Å²) >= 11 is 6.65. The number of benzene rings is 4. The minimum atomic E-state index is -1.38. The summed E-state index contributed by atoms with van der Waals surface area (Å²) in [5.41, 5.74) is 3.45. The van der Waals surface area contributed by atoms with E-state index >= 15 is 0 Å². The predicted octanol–water partition coefficient (Wildman–Crippen LogP) is 5.71. The number of fused-ring (bicyclic) bond motifs is 2. The normalized spacial score (nSPS) is 10.1. The summed E-state index contributed by atoms with van der Waals surface area (Å²) in [5, 5.41) is 29.8. The van der Waals surface area contributed by atoms with E-state index in [1.807, 2.05) is 42.5 Å². The number of nitrogens with one attached hydrogen (secondary N) is 1. The van der Waals surface area contributed by atoms with Crippen LogP contribution < -0.4 is 14.9 Å². The van der Waals surface area contributed by atoms with Gasteiger partial charge < -0.3 is 29.0 Å². The van der Waals surface area contributed by atoms with Gasteiger partial charge in [-0.1, -0.05) is 57.5 Å². The Morgan fingerprint density at radius 2 is 1.33 bits per heavy atom. The van der Waals surface area contributed by atoms with E-state index in [1.54, 1.807) is 61.4 Å². The maximum absolute atomic E-state index is 12.0. The van der Waals surface area contributed by atoms with Crippen molar-refractivity contribution in [2.45, 2.75) is 7.43 Å². The van der Waals surface area contributed by atoms with Gasteiger partial charge in [-0.3, -0.25) is 5.10 Å². The van der Waals surface area contributed by atoms with Gasteiger partial charge in [0.25, 0.3) is 0 Å². The van der Waals surface area contributed by atoms with Crippen molar-refractivity contribution in [1.82, 2.24) is 20.0 Å². The Bertz CT molecular complexity index is 2020. The molecule has 48 heavy (non-hydrogen) atoms. The predicted molar refractivity (Wildman–Crippen MR) is 191 cm³/mol. The highest BCUT2D eigenvalue weighted by atomic mass is 79.9. The lowest BCUT2D eigenvalue weighted by molar-refractivity contribution is 0.0587. The fourth-order valence-corrected chi connectivity index (χ4v) is 5.12. The van der Waals surface area contributed by atoms with Crippen LogP contribution in [0.15, 0.2) is 93.9 Å². The standard InChI is InChI=1S/C16H13BrN2O3.C10H10N2O3.C6H6BBrO2.CH4/c1-21-12-6-7-14-13(9-12)15(16(20)22-2)18-19(14)11-5-3-4-10(17)8-11;1-14-6-3-4-8-7(5-6)9(12-11-8)10(13)15-2;8-6-3-1-2-5(4-6)7(9)10;/h3-9H,1-2H3;3-5H,1-2H3,(H,11,12);1-4,9-10H;1H4. The summed E-state index contributed by atoms with van der Waals surface area (Å²) in [4.78, 5) is 23.3. The summed E-state index contributed by atoms with van der Waals surface area (Å²) in [6.07, 6.45) is 0. The van der Waals surface area contributed by atoms with Crippen LogP contribution in [0, 0.1) is 0 Å². The molecule has 250 valence electrons. The molecule has 0 saturated carbocycles. The van der Waals surface area contributed by atoms with E-state index in [0.717, 1.165) is 25.7 Å². The van der Waals surface area contributed by atoms with Crippen molar-refractivity contribution in [2.75, 3.05) is 28.4 Å². The number of aromatic amines is 1. The number of nitrogens with zero attached hydrogens (tertiary/aromatic N) is 3. The largest absolute Gasteiger partial charge is 0.497 e. The number of carbonyl (C=O) groups excluding carboxylic acids is 2. The molecule has 0 radical (unpaired) electrons. The molecule has 6 rings (SSSR count). The number of hydrogen-bond donors (Lipinski definition) is 3. The number of methoxy groups -OCH3 is 4. The van der Waals surface area contributed by atoms with Gasteiger partial charge in [0.15, 0.2) is 11.4 Å². The average Bonchev–Trinajstić information content (AvgIpc) is 3.69. The zero-order valence-electron chi connectivity index (χ0n) is 25.6. The molecule has 0 aliphatic rings. The van der Waals surface area contributed by atoms with Crippen molar-refractivity contribution in [1.29, 1.82) is 0 Å². The Morgan fingerprint density at radius 3 is 1.90 bits per heavy atom. The molecule has 2 heterocycles. The van der Waals surface area contributed by atoms with Crippen molar-refractivity contribution in [3.63, 3.8) is 0 Å². The third-order valence-electron chi connectivity index (χ3n) is 6.61. The van der Waals surface area contributed by atoms with Crippen LogP contribution in [-0.2, 0) is 9.47 Å². The summed E-state index contributed by atoms with van der Waals surface area (Å²) in [5.74, 6) is 0.391. The van der Waals surface area contributed by atoms with Gasteiger partial charge in [0.2, 0.25) is 0 Å². The van der Waals surface area contributed by atoms with Gasteiger partial charge in [-0.15, -0.1) is 0 Å². The van der Waals surface area contributed by atoms with Gasteiger partial charge in [-0.25, -0.2) is 14.3 Å². The monoisotopic (exact) mass is 782 g/mol. The van der Waals surface area contributed by atoms with E-state index in [4.69, 9.17) is 24.3 Å². The van der Waals surface area contributed by atoms with Gasteiger partial charge in [-0.05, 0) is 72.2 Å². The fraction of sp³-hybridized carbons (Fsp3) is 0.152. The molecule has 0 amide bonds. The van der Waals surface area contributed by atoms with E-state index in [9.17, 15) is 9.59 Å². The summed E-state index contributed by atoms with van der Waals surface area (Å²) in [6, 6.07) is 25.4. The molecular formula is C33H33BBr2N4O8. The van der Waals surface area contributed by atoms with E-state index in [0.29, 0.717) is 27.7 Å². The molecule has 3 N–H and O–H groups in total. The fourth-order valence-electron chi connectivity index (χ4n) is 4.32. The van der Waals surface area contributed by atoms with Crippen molar-refractivity contribution >= 4 is 78.2 Å². The van der Waals surface area contributed by atoms with Crippen LogP contribution in [0.5, 0.6) is 11.5 Å². The molecule has 0 unspecified atom stereocenters. The van der Waals surface area contributed by atoms with Gasteiger partial charge in [0.1, 0.15) is 11.5 Å². The third kappa shape index (κ3) is 9.01. The second kappa shape index (κ2) is 17.5. The molecule has 0 saturated heterocycles. The minimum Gasteiger partial charge on any atom is -0.497 e. The average molecular weight is 784 g/mol. The Hall–Kier alpha value is -4.70. The molecule has 0 spiro atoms. The lowest BCUT2D eigenvalue weighted by atomic mass is 9.81. The van der Waals surface area contributed by atoms with Crippen LogP contribution >= 0.6 is 31.9 Å². The molecule has 12 nitrogen and oxygen atoms in total. The summed E-state index contributed by atoms with van der Waals surface area (Å²) < 4.78 is 23.2. The first-order valence-electron chi connectivity index (χ1n) is 13.7. The van der Waals surface area contributed by atoms with E-state index in [-0.39, 0.29) is 18.8 Å². The van der Waals surface area contributed by atoms with Crippen molar-refractivity contribution in [3.05, 3.63) is 105 Å². The molecule has 6 aromatic rings. The molecule has 0 aliphatic carbocycles. The third-order valence-corrected chi connectivity index (χ3v) is 7.60. The lowest BCUT2D eigenvalue weighted by Gasteiger charge is -2.04. The van der Waals surface area contributed by atoms with Crippen LogP contribution in [0.3, 0.4) is 0 Å². The van der Waals surface area contributed by atoms with E-state index < -0.39 is 19.1 Å². The SMILES string of the molecule is C.COC(=O)c1n[nH]c2ccc(OC)cc12.COC(=O)c1nn(-c2cccc(Br)c2)c2ccc(OC)cc12.OB(O)c1cccc(Br)c1.